The van der Waals surface area contributed by atoms with Crippen molar-refractivity contribution in [3.8, 4) is 0 Å². The van der Waals surface area contributed by atoms with Gasteiger partial charge in [-0.05, 0) is 31.2 Å². The molecule has 0 atom stereocenters. The number of para-hydroxylation sites is 1. The van der Waals surface area contributed by atoms with Crippen molar-refractivity contribution < 1.29 is 0 Å². The summed E-state index contributed by atoms with van der Waals surface area (Å²) in [6.45, 7) is 7.83. The minimum atomic E-state index is 0.704. The van der Waals surface area contributed by atoms with Crippen molar-refractivity contribution in [1.82, 2.24) is 9.88 Å². The number of benzene rings is 1. The molecule has 1 aromatic heterocycles. The molecule has 0 aliphatic heterocycles. The molecule has 2 aromatic rings. The van der Waals surface area contributed by atoms with Crippen molar-refractivity contribution in [2.45, 2.75) is 20.4 Å². The summed E-state index contributed by atoms with van der Waals surface area (Å²) < 4.78 is 0. The van der Waals surface area contributed by atoms with Crippen molar-refractivity contribution in [3.63, 3.8) is 0 Å². The fourth-order valence-electron chi connectivity index (χ4n) is 2.30. The molecule has 0 amide bonds. The number of likely N-dealkylation sites (N-methyl/N-ethyl adjacent to an activating group) is 1. The number of pyridine rings is 1. The fraction of sp³-hybridized carbons (Fsp3) is 0.400. The van der Waals surface area contributed by atoms with E-state index in [1.54, 1.807) is 0 Å². The van der Waals surface area contributed by atoms with Crippen LogP contribution in [-0.4, -0.2) is 29.5 Å². The van der Waals surface area contributed by atoms with Crippen LogP contribution in [-0.2, 0) is 6.54 Å². The zero-order valence-corrected chi connectivity index (χ0v) is 11.2. The van der Waals surface area contributed by atoms with Crippen LogP contribution in [0, 0.1) is 6.92 Å². The summed E-state index contributed by atoms with van der Waals surface area (Å²) in [7, 11) is 0. The third-order valence-corrected chi connectivity index (χ3v) is 3.22. The average molecular weight is 243 g/mol. The molecule has 0 radical (unpaired) electrons. The van der Waals surface area contributed by atoms with Gasteiger partial charge in [0.25, 0.3) is 0 Å². The Balaban J connectivity index is 2.37. The summed E-state index contributed by atoms with van der Waals surface area (Å²) in [4.78, 5) is 6.93. The second-order valence-corrected chi connectivity index (χ2v) is 4.60. The number of nitrogens with two attached hydrogens (primary N) is 1. The van der Waals surface area contributed by atoms with E-state index in [9.17, 15) is 0 Å². The SMILES string of the molecule is CCN(CCN)Cc1cc(C)nc2ccccc12. The highest BCUT2D eigenvalue weighted by Crippen LogP contribution is 2.19. The van der Waals surface area contributed by atoms with Crippen LogP contribution in [0.25, 0.3) is 10.9 Å². The van der Waals surface area contributed by atoms with E-state index in [1.807, 2.05) is 6.07 Å². The first-order valence-electron chi connectivity index (χ1n) is 6.52. The molecule has 0 fully saturated rings. The summed E-state index contributed by atoms with van der Waals surface area (Å²) in [6, 6.07) is 10.5. The first-order chi connectivity index (χ1) is 8.74. The lowest BCUT2D eigenvalue weighted by atomic mass is 10.1. The summed E-state index contributed by atoms with van der Waals surface area (Å²) >= 11 is 0. The van der Waals surface area contributed by atoms with Crippen LogP contribution in [0.3, 0.4) is 0 Å². The van der Waals surface area contributed by atoms with E-state index in [4.69, 9.17) is 5.73 Å². The molecule has 96 valence electrons. The van der Waals surface area contributed by atoms with E-state index in [2.05, 4.69) is 48.0 Å². The molecule has 0 saturated heterocycles. The van der Waals surface area contributed by atoms with E-state index in [1.165, 1.54) is 10.9 Å². The second kappa shape index (κ2) is 5.94. The van der Waals surface area contributed by atoms with Crippen molar-refractivity contribution in [2.24, 2.45) is 5.73 Å². The highest BCUT2D eigenvalue weighted by atomic mass is 15.1. The van der Waals surface area contributed by atoms with Gasteiger partial charge in [0, 0.05) is 30.7 Å². The summed E-state index contributed by atoms with van der Waals surface area (Å²) in [6.07, 6.45) is 0. The summed E-state index contributed by atoms with van der Waals surface area (Å²) in [5.41, 5.74) is 9.14. The normalized spacial score (nSPS) is 11.3. The van der Waals surface area contributed by atoms with Gasteiger partial charge in [0.05, 0.1) is 5.52 Å². The van der Waals surface area contributed by atoms with Crippen LogP contribution < -0.4 is 5.73 Å². The molecule has 3 nitrogen and oxygen atoms in total. The Kier molecular flexibility index (Phi) is 4.28. The molecule has 0 bridgehead atoms. The molecule has 1 aromatic carbocycles. The first kappa shape index (κ1) is 13.0. The van der Waals surface area contributed by atoms with Crippen LogP contribution in [0.5, 0.6) is 0 Å². The number of hydrogen-bond acceptors (Lipinski definition) is 3. The van der Waals surface area contributed by atoms with Crippen LogP contribution in [0.15, 0.2) is 30.3 Å². The van der Waals surface area contributed by atoms with Crippen molar-refractivity contribution in [3.05, 3.63) is 41.6 Å². The van der Waals surface area contributed by atoms with Gasteiger partial charge in [0.15, 0.2) is 0 Å². The zero-order chi connectivity index (χ0) is 13.0. The van der Waals surface area contributed by atoms with Crippen LogP contribution >= 0.6 is 0 Å². The highest BCUT2D eigenvalue weighted by molar-refractivity contribution is 5.82. The van der Waals surface area contributed by atoms with Crippen LogP contribution in [0.4, 0.5) is 0 Å². The van der Waals surface area contributed by atoms with Gasteiger partial charge in [-0.2, -0.15) is 0 Å². The van der Waals surface area contributed by atoms with E-state index < -0.39 is 0 Å². The lowest BCUT2D eigenvalue weighted by Crippen LogP contribution is -2.29. The lowest BCUT2D eigenvalue weighted by molar-refractivity contribution is 0.289. The Hall–Kier alpha value is -1.45. The Morgan fingerprint density at radius 2 is 2.06 bits per heavy atom. The number of aryl methyl sites for hydroxylation is 1. The van der Waals surface area contributed by atoms with Gasteiger partial charge in [-0.25, -0.2) is 0 Å². The van der Waals surface area contributed by atoms with E-state index in [-0.39, 0.29) is 0 Å². The number of aromatic nitrogens is 1. The maximum absolute atomic E-state index is 5.65. The molecular weight excluding hydrogens is 222 g/mol. The topological polar surface area (TPSA) is 42.1 Å². The molecule has 0 aliphatic rings. The molecule has 0 saturated carbocycles. The highest BCUT2D eigenvalue weighted by Gasteiger charge is 2.07. The van der Waals surface area contributed by atoms with Gasteiger partial charge < -0.3 is 5.73 Å². The van der Waals surface area contributed by atoms with Crippen LogP contribution in [0.1, 0.15) is 18.2 Å². The molecule has 1 heterocycles. The van der Waals surface area contributed by atoms with E-state index in [0.29, 0.717) is 6.54 Å². The summed E-state index contributed by atoms with van der Waals surface area (Å²) in [5.74, 6) is 0. The molecule has 0 spiro atoms. The minimum absolute atomic E-state index is 0.704. The van der Waals surface area contributed by atoms with Gasteiger partial charge in [-0.15, -0.1) is 0 Å². The molecular formula is C15H21N3. The lowest BCUT2D eigenvalue weighted by Gasteiger charge is -2.20. The molecule has 18 heavy (non-hydrogen) atoms. The molecule has 2 rings (SSSR count). The van der Waals surface area contributed by atoms with Crippen molar-refractivity contribution in [1.29, 1.82) is 0 Å². The maximum atomic E-state index is 5.65. The van der Waals surface area contributed by atoms with Crippen molar-refractivity contribution in [2.75, 3.05) is 19.6 Å². The standard InChI is InChI=1S/C15H21N3/c1-3-18(9-8-16)11-13-10-12(2)17-15-7-5-4-6-14(13)15/h4-7,10H,3,8-9,11,16H2,1-2H3. The molecule has 0 aliphatic carbocycles. The van der Waals surface area contributed by atoms with Gasteiger partial charge in [0.1, 0.15) is 0 Å². The van der Waals surface area contributed by atoms with Gasteiger partial charge in [0.2, 0.25) is 0 Å². The third-order valence-electron chi connectivity index (χ3n) is 3.22. The quantitative estimate of drug-likeness (QED) is 0.876. The third kappa shape index (κ3) is 2.86. The van der Waals surface area contributed by atoms with Gasteiger partial charge in [-0.1, -0.05) is 25.1 Å². The Morgan fingerprint density at radius 3 is 2.78 bits per heavy atom. The van der Waals surface area contributed by atoms with Crippen LogP contribution in [0.2, 0.25) is 0 Å². The number of fused-ring (bicyclic) bond motifs is 1. The van der Waals surface area contributed by atoms with E-state index >= 15 is 0 Å². The van der Waals surface area contributed by atoms with Crippen molar-refractivity contribution >= 4 is 10.9 Å². The minimum Gasteiger partial charge on any atom is -0.329 e. The smallest absolute Gasteiger partial charge is 0.0708 e. The fourth-order valence-corrected chi connectivity index (χ4v) is 2.30. The van der Waals surface area contributed by atoms with Gasteiger partial charge >= 0.3 is 0 Å². The molecule has 3 heteroatoms. The first-order valence-corrected chi connectivity index (χ1v) is 6.52. The predicted octanol–water partition coefficient (Wildman–Crippen LogP) is 2.32. The maximum Gasteiger partial charge on any atom is 0.0708 e. The Labute approximate surface area is 109 Å². The number of hydrogen-bond donors (Lipinski definition) is 1. The monoisotopic (exact) mass is 243 g/mol. The zero-order valence-electron chi connectivity index (χ0n) is 11.2. The Bertz CT molecular complexity index is 522. The largest absolute Gasteiger partial charge is 0.329 e. The number of rotatable bonds is 5. The molecule has 0 unspecified atom stereocenters. The Morgan fingerprint density at radius 1 is 1.28 bits per heavy atom. The average Bonchev–Trinajstić information content (AvgIpc) is 2.38. The summed E-state index contributed by atoms with van der Waals surface area (Å²) in [5, 5.41) is 1.25. The van der Waals surface area contributed by atoms with Gasteiger partial charge in [-0.3, -0.25) is 9.88 Å². The number of nitrogens with zero attached hydrogens (tertiary/aromatic N) is 2. The van der Waals surface area contributed by atoms with E-state index in [0.717, 1.165) is 30.8 Å². The predicted molar refractivity (Wildman–Crippen MR) is 76.5 cm³/mol. The molecule has 2 N–H and O–H groups in total. The second-order valence-electron chi connectivity index (χ2n) is 4.60.